The van der Waals surface area contributed by atoms with Gasteiger partial charge < -0.3 is 15.2 Å². The zero-order chi connectivity index (χ0) is 14.7. The van der Waals surface area contributed by atoms with Crippen LogP contribution in [0.15, 0.2) is 36.4 Å². The Morgan fingerprint density at radius 2 is 1.60 bits per heavy atom. The number of rotatable bonds is 4. The van der Waals surface area contributed by atoms with Crippen molar-refractivity contribution < 1.29 is 18.3 Å². The van der Waals surface area contributed by atoms with E-state index in [0.29, 0.717) is 17.1 Å². The second kappa shape index (κ2) is 5.88. The number of hydrogen-bond donors (Lipinski definition) is 1. The van der Waals surface area contributed by atoms with Crippen molar-refractivity contribution in [2.75, 3.05) is 14.2 Å². The summed E-state index contributed by atoms with van der Waals surface area (Å²) < 4.78 is 37.3. The Labute approximate surface area is 115 Å². The second-order valence-corrected chi connectivity index (χ2v) is 4.27. The molecular formula is C15H15F2NO2. The van der Waals surface area contributed by atoms with Crippen LogP contribution in [-0.2, 0) is 0 Å². The Kier molecular flexibility index (Phi) is 4.20. The molecule has 0 spiro atoms. The topological polar surface area (TPSA) is 44.5 Å². The van der Waals surface area contributed by atoms with Crippen LogP contribution in [0.2, 0.25) is 0 Å². The van der Waals surface area contributed by atoms with E-state index in [2.05, 4.69) is 0 Å². The van der Waals surface area contributed by atoms with Crippen LogP contribution < -0.4 is 15.2 Å². The molecule has 20 heavy (non-hydrogen) atoms. The van der Waals surface area contributed by atoms with Gasteiger partial charge in [-0.15, -0.1) is 0 Å². The molecule has 0 saturated carbocycles. The number of nitrogens with two attached hydrogens (primary N) is 1. The summed E-state index contributed by atoms with van der Waals surface area (Å²) in [6.07, 6.45) is 0. The first kappa shape index (κ1) is 14.3. The molecule has 5 heteroatoms. The van der Waals surface area contributed by atoms with Gasteiger partial charge in [0, 0.05) is 11.6 Å². The van der Waals surface area contributed by atoms with Gasteiger partial charge in [0.15, 0.2) is 11.6 Å². The van der Waals surface area contributed by atoms with Crippen molar-refractivity contribution in [1.29, 1.82) is 0 Å². The number of halogens is 2. The Morgan fingerprint density at radius 3 is 2.15 bits per heavy atom. The molecule has 0 amide bonds. The zero-order valence-electron chi connectivity index (χ0n) is 11.2. The third-order valence-corrected chi connectivity index (χ3v) is 3.05. The van der Waals surface area contributed by atoms with Crippen LogP contribution in [0.25, 0.3) is 0 Å². The highest BCUT2D eigenvalue weighted by atomic mass is 19.2. The van der Waals surface area contributed by atoms with Gasteiger partial charge >= 0.3 is 0 Å². The lowest BCUT2D eigenvalue weighted by atomic mass is 9.98. The van der Waals surface area contributed by atoms with Crippen molar-refractivity contribution >= 4 is 0 Å². The van der Waals surface area contributed by atoms with Gasteiger partial charge in [0.05, 0.1) is 20.3 Å². The highest BCUT2D eigenvalue weighted by Gasteiger charge is 2.17. The first-order valence-corrected chi connectivity index (χ1v) is 5.99. The molecule has 0 aromatic heterocycles. The highest BCUT2D eigenvalue weighted by molar-refractivity contribution is 5.43. The normalized spacial score (nSPS) is 12.1. The van der Waals surface area contributed by atoms with Crippen molar-refractivity contribution in [2.24, 2.45) is 5.73 Å². The third-order valence-electron chi connectivity index (χ3n) is 3.05. The van der Waals surface area contributed by atoms with Gasteiger partial charge in [0.2, 0.25) is 0 Å². The molecule has 2 N–H and O–H groups in total. The molecule has 2 aromatic carbocycles. The molecule has 2 aromatic rings. The fraction of sp³-hybridized carbons (Fsp3) is 0.200. The van der Waals surface area contributed by atoms with Crippen LogP contribution in [0, 0.1) is 11.6 Å². The zero-order valence-corrected chi connectivity index (χ0v) is 11.2. The maximum atomic E-state index is 13.8. The lowest BCUT2D eigenvalue weighted by Crippen LogP contribution is -2.14. The summed E-state index contributed by atoms with van der Waals surface area (Å²) in [5.41, 5.74) is 6.67. The Bertz CT molecular complexity index is 595. The van der Waals surface area contributed by atoms with Gasteiger partial charge in [-0.3, -0.25) is 0 Å². The van der Waals surface area contributed by atoms with Crippen LogP contribution in [0.4, 0.5) is 8.78 Å². The van der Waals surface area contributed by atoms with Crippen molar-refractivity contribution in [3.63, 3.8) is 0 Å². The summed E-state index contributed by atoms with van der Waals surface area (Å²) in [5, 5.41) is 0. The molecule has 0 bridgehead atoms. The van der Waals surface area contributed by atoms with E-state index >= 15 is 0 Å². The minimum Gasteiger partial charge on any atom is -0.497 e. The smallest absolute Gasteiger partial charge is 0.163 e. The Hall–Kier alpha value is -2.14. The molecule has 1 unspecified atom stereocenters. The Morgan fingerprint density at radius 1 is 1.00 bits per heavy atom. The largest absolute Gasteiger partial charge is 0.497 e. The van der Waals surface area contributed by atoms with E-state index in [9.17, 15) is 8.78 Å². The summed E-state index contributed by atoms with van der Waals surface area (Å²) in [7, 11) is 3.01. The molecule has 0 aliphatic heterocycles. The van der Waals surface area contributed by atoms with Gasteiger partial charge in [-0.2, -0.15) is 0 Å². The van der Waals surface area contributed by atoms with E-state index in [-0.39, 0.29) is 5.56 Å². The molecule has 0 aliphatic rings. The second-order valence-electron chi connectivity index (χ2n) is 4.27. The van der Waals surface area contributed by atoms with E-state index in [1.807, 2.05) is 0 Å². The summed E-state index contributed by atoms with van der Waals surface area (Å²) in [4.78, 5) is 0. The minimum absolute atomic E-state index is 0.0836. The van der Waals surface area contributed by atoms with Gasteiger partial charge in [-0.05, 0) is 23.8 Å². The molecular weight excluding hydrogens is 264 g/mol. The molecule has 0 saturated heterocycles. The summed E-state index contributed by atoms with van der Waals surface area (Å²) in [5.74, 6) is -0.798. The molecule has 3 nitrogen and oxygen atoms in total. The van der Waals surface area contributed by atoms with Crippen molar-refractivity contribution in [2.45, 2.75) is 6.04 Å². The minimum atomic E-state index is -0.943. The van der Waals surface area contributed by atoms with Gasteiger partial charge in [0.1, 0.15) is 11.5 Å². The molecule has 2 rings (SSSR count). The number of ether oxygens (including phenoxy) is 2. The molecule has 1 atom stereocenters. The lowest BCUT2D eigenvalue weighted by Gasteiger charge is -2.16. The SMILES string of the molecule is COc1cc(OC)cc(C(N)c2cccc(F)c2F)c1. The predicted molar refractivity (Wildman–Crippen MR) is 71.9 cm³/mol. The average Bonchev–Trinajstić information content (AvgIpc) is 2.48. The van der Waals surface area contributed by atoms with E-state index in [1.54, 1.807) is 18.2 Å². The standard InChI is InChI=1S/C15H15F2NO2/c1-19-10-6-9(7-11(8-10)20-2)15(18)12-4-3-5-13(16)14(12)17/h3-8,15H,18H2,1-2H3. The number of hydrogen-bond acceptors (Lipinski definition) is 3. The van der Waals surface area contributed by atoms with Gasteiger partial charge in [-0.1, -0.05) is 12.1 Å². The summed E-state index contributed by atoms with van der Waals surface area (Å²) in [6, 6.07) is 8.13. The van der Waals surface area contributed by atoms with Gasteiger partial charge in [-0.25, -0.2) is 8.78 Å². The molecule has 0 heterocycles. The van der Waals surface area contributed by atoms with Crippen molar-refractivity contribution in [1.82, 2.24) is 0 Å². The lowest BCUT2D eigenvalue weighted by molar-refractivity contribution is 0.393. The average molecular weight is 279 g/mol. The van der Waals surface area contributed by atoms with Crippen molar-refractivity contribution in [3.8, 4) is 11.5 Å². The van der Waals surface area contributed by atoms with Crippen molar-refractivity contribution in [3.05, 3.63) is 59.2 Å². The fourth-order valence-electron chi connectivity index (χ4n) is 1.95. The van der Waals surface area contributed by atoms with E-state index < -0.39 is 17.7 Å². The summed E-state index contributed by atoms with van der Waals surface area (Å²) in [6.45, 7) is 0. The van der Waals surface area contributed by atoms with Crippen LogP contribution in [0.1, 0.15) is 17.2 Å². The van der Waals surface area contributed by atoms with E-state index in [1.165, 1.54) is 26.4 Å². The quantitative estimate of drug-likeness (QED) is 0.935. The maximum Gasteiger partial charge on any atom is 0.163 e. The van der Waals surface area contributed by atoms with Crippen LogP contribution in [0.5, 0.6) is 11.5 Å². The maximum absolute atomic E-state index is 13.8. The summed E-state index contributed by atoms with van der Waals surface area (Å²) >= 11 is 0. The van der Waals surface area contributed by atoms with Gasteiger partial charge in [0.25, 0.3) is 0 Å². The molecule has 106 valence electrons. The van der Waals surface area contributed by atoms with E-state index in [4.69, 9.17) is 15.2 Å². The number of benzene rings is 2. The predicted octanol–water partition coefficient (Wildman–Crippen LogP) is 3.03. The van der Waals surface area contributed by atoms with Crippen LogP contribution >= 0.6 is 0 Å². The molecule has 0 radical (unpaired) electrons. The first-order chi connectivity index (χ1) is 9.56. The first-order valence-electron chi connectivity index (χ1n) is 5.99. The number of methoxy groups -OCH3 is 2. The van der Waals surface area contributed by atoms with Crippen LogP contribution in [0.3, 0.4) is 0 Å². The van der Waals surface area contributed by atoms with E-state index in [0.717, 1.165) is 6.07 Å². The molecule has 0 fully saturated rings. The monoisotopic (exact) mass is 279 g/mol. The highest BCUT2D eigenvalue weighted by Crippen LogP contribution is 2.30. The Balaban J connectivity index is 2.47. The third kappa shape index (κ3) is 2.72. The fourth-order valence-corrected chi connectivity index (χ4v) is 1.95. The molecule has 0 aliphatic carbocycles. The van der Waals surface area contributed by atoms with Crippen LogP contribution in [-0.4, -0.2) is 14.2 Å².